The van der Waals surface area contributed by atoms with Gasteiger partial charge in [-0.05, 0) is 63.5 Å². The summed E-state index contributed by atoms with van der Waals surface area (Å²) in [5, 5.41) is 5.66. The summed E-state index contributed by atoms with van der Waals surface area (Å²) >= 11 is 0. The standard InChI is InChI=1S/C29H46N4O5/c1-7-9-10-17-31-26(35)25(21-13-11-20(8-2)12-14-21)33(23-18-19(23)3)27(36)22(15-16-24(30)34)32-28(37)38-29(4,5)6/h11-14,19,22-23,25H,7-10,15-18H2,1-6H3,(H2,30,34)(H,31,35)(H,32,37). The van der Waals surface area contributed by atoms with Crippen LogP contribution in [0.3, 0.4) is 0 Å². The number of benzene rings is 1. The van der Waals surface area contributed by atoms with Crippen LogP contribution >= 0.6 is 0 Å². The van der Waals surface area contributed by atoms with E-state index in [1.807, 2.05) is 31.2 Å². The molecule has 1 aliphatic carbocycles. The highest BCUT2D eigenvalue weighted by Crippen LogP contribution is 2.41. The largest absolute Gasteiger partial charge is 0.444 e. The summed E-state index contributed by atoms with van der Waals surface area (Å²) < 4.78 is 5.38. The smallest absolute Gasteiger partial charge is 0.408 e. The van der Waals surface area contributed by atoms with Gasteiger partial charge in [-0.3, -0.25) is 14.4 Å². The van der Waals surface area contributed by atoms with Crippen molar-refractivity contribution in [1.82, 2.24) is 15.5 Å². The number of nitrogens with zero attached hydrogens (tertiary/aromatic N) is 1. The molecule has 1 saturated carbocycles. The molecule has 4 N–H and O–H groups in total. The van der Waals surface area contributed by atoms with Crippen molar-refractivity contribution in [3.05, 3.63) is 35.4 Å². The molecule has 0 radical (unpaired) electrons. The van der Waals surface area contributed by atoms with Crippen LogP contribution in [0.15, 0.2) is 24.3 Å². The van der Waals surface area contributed by atoms with Crippen LogP contribution in [-0.2, 0) is 25.5 Å². The van der Waals surface area contributed by atoms with Gasteiger partial charge in [-0.2, -0.15) is 0 Å². The third kappa shape index (κ3) is 9.65. The number of hydrogen-bond acceptors (Lipinski definition) is 5. The number of nitrogens with two attached hydrogens (primary N) is 1. The predicted octanol–water partition coefficient (Wildman–Crippen LogP) is 3.99. The number of unbranched alkanes of at least 4 members (excludes halogenated alkanes) is 2. The quantitative estimate of drug-likeness (QED) is 0.313. The first-order chi connectivity index (χ1) is 17.9. The molecule has 1 aromatic rings. The number of aryl methyl sites for hydroxylation is 1. The van der Waals surface area contributed by atoms with Crippen molar-refractivity contribution in [3.63, 3.8) is 0 Å². The number of alkyl carbamates (subject to hydrolysis) is 1. The molecule has 1 fully saturated rings. The van der Waals surface area contributed by atoms with Gasteiger partial charge in [-0.25, -0.2) is 4.79 Å². The number of carbonyl (C=O) groups excluding carboxylic acids is 4. The second kappa shape index (κ2) is 14.2. The zero-order valence-electron chi connectivity index (χ0n) is 23.8. The fraction of sp³-hybridized carbons (Fsp3) is 0.655. The summed E-state index contributed by atoms with van der Waals surface area (Å²) in [4.78, 5) is 53.6. The second-order valence-corrected chi connectivity index (χ2v) is 11.2. The normalized spacial score (nSPS) is 18.2. The van der Waals surface area contributed by atoms with Crippen molar-refractivity contribution in [2.24, 2.45) is 11.7 Å². The molecule has 0 saturated heterocycles. The number of rotatable bonds is 14. The number of ether oxygens (including phenoxy) is 1. The average Bonchev–Trinajstić information content (AvgIpc) is 3.56. The topological polar surface area (TPSA) is 131 Å². The summed E-state index contributed by atoms with van der Waals surface area (Å²) in [7, 11) is 0. The van der Waals surface area contributed by atoms with Crippen LogP contribution in [-0.4, -0.2) is 52.9 Å². The molecule has 0 aromatic heterocycles. The molecular formula is C29H46N4O5. The zero-order valence-corrected chi connectivity index (χ0v) is 23.8. The van der Waals surface area contributed by atoms with Gasteiger partial charge in [0.05, 0.1) is 0 Å². The number of carbonyl (C=O) groups is 4. The Bertz CT molecular complexity index is 957. The van der Waals surface area contributed by atoms with Gasteiger partial charge < -0.3 is 26.0 Å². The molecule has 212 valence electrons. The van der Waals surface area contributed by atoms with Crippen molar-refractivity contribution in [2.75, 3.05) is 6.54 Å². The maximum absolute atomic E-state index is 14.1. The minimum atomic E-state index is -1.07. The molecule has 0 aliphatic heterocycles. The van der Waals surface area contributed by atoms with Crippen LogP contribution in [0.4, 0.5) is 4.79 Å². The Morgan fingerprint density at radius 1 is 1.11 bits per heavy atom. The summed E-state index contributed by atoms with van der Waals surface area (Å²) in [5.74, 6) is -1.08. The van der Waals surface area contributed by atoms with Crippen LogP contribution in [0.5, 0.6) is 0 Å². The maximum atomic E-state index is 14.1. The van der Waals surface area contributed by atoms with Gasteiger partial charge in [0, 0.05) is 19.0 Å². The van der Waals surface area contributed by atoms with E-state index in [1.165, 1.54) is 0 Å². The van der Waals surface area contributed by atoms with Gasteiger partial charge in [0.15, 0.2) is 0 Å². The molecule has 0 spiro atoms. The van der Waals surface area contributed by atoms with Crippen molar-refractivity contribution in [1.29, 1.82) is 0 Å². The number of amides is 4. The van der Waals surface area contributed by atoms with Crippen molar-refractivity contribution in [2.45, 2.75) is 110 Å². The van der Waals surface area contributed by atoms with Crippen molar-refractivity contribution in [3.8, 4) is 0 Å². The molecule has 9 nitrogen and oxygen atoms in total. The second-order valence-electron chi connectivity index (χ2n) is 11.2. The molecule has 38 heavy (non-hydrogen) atoms. The first kappa shape index (κ1) is 31.1. The molecule has 1 aromatic carbocycles. The average molecular weight is 531 g/mol. The lowest BCUT2D eigenvalue weighted by Gasteiger charge is -2.35. The molecule has 4 amide bonds. The SMILES string of the molecule is CCCCCNC(=O)C(c1ccc(CC)cc1)N(C(=O)C(CCC(N)=O)NC(=O)OC(C)(C)C)C1CC1C. The Morgan fingerprint density at radius 2 is 1.74 bits per heavy atom. The minimum absolute atomic E-state index is 0.00459. The van der Waals surface area contributed by atoms with Crippen LogP contribution in [0.25, 0.3) is 0 Å². The minimum Gasteiger partial charge on any atom is -0.444 e. The Labute approximate surface area is 227 Å². The van der Waals surface area contributed by atoms with E-state index in [1.54, 1.807) is 25.7 Å². The molecular weight excluding hydrogens is 484 g/mol. The number of nitrogens with one attached hydrogen (secondary N) is 2. The lowest BCUT2D eigenvalue weighted by Crippen LogP contribution is -2.54. The van der Waals surface area contributed by atoms with Crippen LogP contribution < -0.4 is 16.4 Å². The van der Waals surface area contributed by atoms with Gasteiger partial charge in [-0.15, -0.1) is 0 Å². The van der Waals surface area contributed by atoms with E-state index in [9.17, 15) is 19.2 Å². The summed E-state index contributed by atoms with van der Waals surface area (Å²) in [6.07, 6.45) is 3.60. The lowest BCUT2D eigenvalue weighted by atomic mass is 9.99. The fourth-order valence-corrected chi connectivity index (χ4v) is 4.40. The van der Waals surface area contributed by atoms with Crippen LogP contribution in [0.1, 0.15) is 97.2 Å². The van der Waals surface area contributed by atoms with Gasteiger partial charge in [0.25, 0.3) is 0 Å². The van der Waals surface area contributed by atoms with Crippen molar-refractivity contribution < 1.29 is 23.9 Å². The fourth-order valence-electron chi connectivity index (χ4n) is 4.40. The molecule has 4 unspecified atom stereocenters. The molecule has 0 bridgehead atoms. The molecule has 2 rings (SSSR count). The summed E-state index contributed by atoms with van der Waals surface area (Å²) in [5.41, 5.74) is 6.43. The zero-order chi connectivity index (χ0) is 28.5. The predicted molar refractivity (Wildman–Crippen MR) is 147 cm³/mol. The number of hydrogen-bond donors (Lipinski definition) is 3. The number of primary amides is 1. The highest BCUT2D eigenvalue weighted by molar-refractivity contribution is 5.93. The Kier molecular flexibility index (Phi) is 11.6. The van der Waals surface area contributed by atoms with Gasteiger partial charge in [-0.1, -0.05) is 57.9 Å². The summed E-state index contributed by atoms with van der Waals surface area (Å²) in [6, 6.07) is 5.60. The summed E-state index contributed by atoms with van der Waals surface area (Å²) in [6.45, 7) is 11.9. The third-order valence-electron chi connectivity index (χ3n) is 6.66. The van der Waals surface area contributed by atoms with Gasteiger partial charge in [0.2, 0.25) is 17.7 Å². The van der Waals surface area contributed by atoms with Gasteiger partial charge >= 0.3 is 6.09 Å². The molecule has 4 atom stereocenters. The van der Waals surface area contributed by atoms with E-state index < -0.39 is 35.6 Å². The van der Waals surface area contributed by atoms with E-state index >= 15 is 0 Å². The van der Waals surface area contributed by atoms with E-state index in [0.29, 0.717) is 12.1 Å². The first-order valence-electron chi connectivity index (χ1n) is 13.8. The highest BCUT2D eigenvalue weighted by Gasteiger charge is 2.48. The van der Waals surface area contributed by atoms with Crippen LogP contribution in [0.2, 0.25) is 0 Å². The Morgan fingerprint density at radius 3 is 2.24 bits per heavy atom. The van der Waals surface area contributed by atoms with E-state index in [0.717, 1.165) is 37.7 Å². The molecule has 1 aliphatic rings. The van der Waals surface area contributed by atoms with Crippen molar-refractivity contribution >= 4 is 23.8 Å². The van der Waals surface area contributed by atoms with E-state index in [-0.39, 0.29) is 30.7 Å². The Hall–Kier alpha value is -3.10. The van der Waals surface area contributed by atoms with Crippen LogP contribution in [0, 0.1) is 5.92 Å². The lowest BCUT2D eigenvalue weighted by molar-refractivity contribution is -0.143. The highest BCUT2D eigenvalue weighted by atomic mass is 16.6. The van der Waals surface area contributed by atoms with Gasteiger partial charge in [0.1, 0.15) is 17.7 Å². The Balaban J connectivity index is 2.44. The van der Waals surface area contributed by atoms with E-state index in [4.69, 9.17) is 10.5 Å². The third-order valence-corrected chi connectivity index (χ3v) is 6.66. The molecule has 0 heterocycles. The first-order valence-corrected chi connectivity index (χ1v) is 13.8. The monoisotopic (exact) mass is 530 g/mol. The molecule has 9 heteroatoms. The maximum Gasteiger partial charge on any atom is 0.408 e. The van der Waals surface area contributed by atoms with E-state index in [2.05, 4.69) is 24.5 Å².